The van der Waals surface area contributed by atoms with Gasteiger partial charge in [-0.15, -0.1) is 0 Å². The summed E-state index contributed by atoms with van der Waals surface area (Å²) in [5.41, 5.74) is 0.731. The number of hydrogen-bond acceptors (Lipinski definition) is 2. The molecule has 1 aromatic carbocycles. The average molecular weight is 217 g/mol. The summed E-state index contributed by atoms with van der Waals surface area (Å²) in [6.45, 7) is 3.55. The van der Waals surface area contributed by atoms with E-state index in [0.29, 0.717) is 5.02 Å². The maximum Gasteiger partial charge on any atom is 0.175 e. The van der Waals surface area contributed by atoms with Gasteiger partial charge in [0.05, 0.1) is 4.90 Å². The highest BCUT2D eigenvalue weighted by Gasteiger charge is 2.08. The zero-order chi connectivity index (χ0) is 10.1. The van der Waals surface area contributed by atoms with Crippen LogP contribution in [0.15, 0.2) is 29.7 Å². The van der Waals surface area contributed by atoms with E-state index in [4.69, 9.17) is 11.6 Å². The van der Waals surface area contributed by atoms with E-state index in [0.717, 1.165) is 11.8 Å². The van der Waals surface area contributed by atoms with Crippen molar-refractivity contribution >= 4 is 27.5 Å². The van der Waals surface area contributed by atoms with Crippen LogP contribution in [0.3, 0.4) is 0 Å². The molecule has 0 heterocycles. The number of hydrogen-bond donors (Lipinski definition) is 0. The van der Waals surface area contributed by atoms with Crippen molar-refractivity contribution in [2.24, 2.45) is 0 Å². The van der Waals surface area contributed by atoms with Crippen LogP contribution in [-0.4, -0.2) is 14.7 Å². The van der Waals surface area contributed by atoms with Crippen LogP contribution in [0.2, 0.25) is 5.02 Å². The van der Waals surface area contributed by atoms with Crippen LogP contribution < -0.4 is 0 Å². The molecule has 0 aliphatic carbocycles. The van der Waals surface area contributed by atoms with Gasteiger partial charge in [0.1, 0.15) is 0 Å². The van der Waals surface area contributed by atoms with Gasteiger partial charge in [-0.1, -0.05) is 30.3 Å². The molecule has 0 unspecified atom stereocenters. The first-order chi connectivity index (χ1) is 5.95. The highest BCUT2D eigenvalue weighted by molar-refractivity contribution is 7.90. The second-order valence-corrected chi connectivity index (χ2v) is 5.08. The van der Waals surface area contributed by atoms with Gasteiger partial charge in [0, 0.05) is 11.3 Å². The van der Waals surface area contributed by atoms with Crippen molar-refractivity contribution in [2.75, 3.05) is 6.26 Å². The number of rotatable bonds is 2. The Balaban J connectivity index is 3.34. The van der Waals surface area contributed by atoms with E-state index < -0.39 is 9.84 Å². The fourth-order valence-electron chi connectivity index (χ4n) is 0.904. The molecule has 0 atom stereocenters. The maximum absolute atomic E-state index is 11.1. The van der Waals surface area contributed by atoms with E-state index in [9.17, 15) is 8.42 Å². The molecule has 0 N–H and O–H groups in total. The number of halogens is 1. The lowest BCUT2D eigenvalue weighted by atomic mass is 10.2. The standard InChI is InChI=1S/C9H9ClO2S/c1-3-7-4-5-8(6-9(7)10)13(2,11)12/h3-6H,1H2,2H3. The summed E-state index contributed by atoms with van der Waals surface area (Å²) in [6.07, 6.45) is 2.72. The van der Waals surface area contributed by atoms with Crippen LogP contribution in [0.1, 0.15) is 5.56 Å². The van der Waals surface area contributed by atoms with Crippen molar-refractivity contribution in [3.05, 3.63) is 35.4 Å². The molecule has 0 fully saturated rings. The van der Waals surface area contributed by atoms with Gasteiger partial charge in [0.2, 0.25) is 0 Å². The first kappa shape index (κ1) is 10.3. The first-order valence-electron chi connectivity index (χ1n) is 3.57. The summed E-state index contributed by atoms with van der Waals surface area (Å²) in [7, 11) is -3.17. The van der Waals surface area contributed by atoms with E-state index in [1.807, 2.05) is 0 Å². The normalized spacial score (nSPS) is 11.2. The summed E-state index contributed by atoms with van der Waals surface area (Å²) in [5.74, 6) is 0. The Labute approximate surface area is 82.8 Å². The SMILES string of the molecule is C=Cc1ccc(S(C)(=O)=O)cc1Cl. The fraction of sp³-hybridized carbons (Fsp3) is 0.111. The smallest absolute Gasteiger partial charge is 0.175 e. The van der Waals surface area contributed by atoms with Crippen LogP contribution in [0, 0.1) is 0 Å². The lowest BCUT2D eigenvalue weighted by Crippen LogP contribution is -1.96. The summed E-state index contributed by atoms with van der Waals surface area (Å²) < 4.78 is 22.2. The van der Waals surface area contributed by atoms with Gasteiger partial charge in [0.15, 0.2) is 9.84 Å². The Kier molecular flexibility index (Phi) is 2.78. The Bertz CT molecular complexity index is 435. The summed E-state index contributed by atoms with van der Waals surface area (Å²) >= 11 is 5.80. The quantitative estimate of drug-likeness (QED) is 0.761. The molecule has 0 saturated carbocycles. The molecule has 0 aliphatic heterocycles. The Morgan fingerprint density at radius 1 is 1.46 bits per heavy atom. The molecule has 1 aromatic rings. The topological polar surface area (TPSA) is 34.1 Å². The molecule has 0 spiro atoms. The summed E-state index contributed by atoms with van der Waals surface area (Å²) in [4.78, 5) is 0.225. The molecule has 0 aliphatic rings. The number of sulfone groups is 1. The van der Waals surface area contributed by atoms with Gasteiger partial charge >= 0.3 is 0 Å². The highest BCUT2D eigenvalue weighted by Crippen LogP contribution is 2.21. The van der Waals surface area contributed by atoms with Gasteiger partial charge < -0.3 is 0 Å². The summed E-state index contributed by atoms with van der Waals surface area (Å²) in [6, 6.07) is 4.57. The third-order valence-electron chi connectivity index (χ3n) is 1.62. The minimum Gasteiger partial charge on any atom is -0.224 e. The molecule has 0 amide bonds. The first-order valence-corrected chi connectivity index (χ1v) is 5.84. The van der Waals surface area contributed by atoms with Crippen LogP contribution in [-0.2, 0) is 9.84 Å². The molecule has 0 aromatic heterocycles. The third-order valence-corrected chi connectivity index (χ3v) is 3.06. The molecule has 2 nitrogen and oxygen atoms in total. The van der Waals surface area contributed by atoms with Crippen LogP contribution in [0.5, 0.6) is 0 Å². The average Bonchev–Trinajstić information content (AvgIpc) is 2.02. The van der Waals surface area contributed by atoms with Crippen molar-refractivity contribution in [1.29, 1.82) is 0 Å². The molecule has 1 rings (SSSR count). The zero-order valence-corrected chi connectivity index (χ0v) is 8.69. The van der Waals surface area contributed by atoms with Crippen LogP contribution in [0.4, 0.5) is 0 Å². The predicted octanol–water partition coefficient (Wildman–Crippen LogP) is 2.39. The molecule has 0 bridgehead atoms. The second-order valence-electron chi connectivity index (χ2n) is 2.66. The molecule has 13 heavy (non-hydrogen) atoms. The van der Waals surface area contributed by atoms with Gasteiger partial charge in [-0.2, -0.15) is 0 Å². The molecule has 70 valence electrons. The van der Waals surface area contributed by atoms with Gasteiger partial charge in [-0.25, -0.2) is 8.42 Å². The third kappa shape index (κ3) is 2.32. The molecule has 4 heteroatoms. The van der Waals surface area contributed by atoms with E-state index in [1.54, 1.807) is 12.1 Å². The lowest BCUT2D eigenvalue weighted by Gasteiger charge is -2.01. The zero-order valence-electron chi connectivity index (χ0n) is 7.12. The Morgan fingerprint density at radius 2 is 2.08 bits per heavy atom. The Morgan fingerprint density at radius 3 is 2.46 bits per heavy atom. The highest BCUT2D eigenvalue weighted by atomic mass is 35.5. The molecular formula is C9H9ClO2S. The van der Waals surface area contributed by atoms with Gasteiger partial charge in [-0.05, 0) is 17.7 Å². The van der Waals surface area contributed by atoms with Crippen molar-refractivity contribution in [1.82, 2.24) is 0 Å². The Hall–Kier alpha value is -0.800. The minimum absolute atomic E-state index is 0.225. The molecule has 0 radical (unpaired) electrons. The van der Waals surface area contributed by atoms with Crippen molar-refractivity contribution in [3.8, 4) is 0 Å². The van der Waals surface area contributed by atoms with Crippen molar-refractivity contribution in [3.63, 3.8) is 0 Å². The van der Waals surface area contributed by atoms with E-state index in [2.05, 4.69) is 6.58 Å². The lowest BCUT2D eigenvalue weighted by molar-refractivity contribution is 0.602. The maximum atomic E-state index is 11.1. The van der Waals surface area contributed by atoms with Crippen molar-refractivity contribution < 1.29 is 8.42 Å². The van der Waals surface area contributed by atoms with Crippen molar-refractivity contribution in [2.45, 2.75) is 4.90 Å². The largest absolute Gasteiger partial charge is 0.224 e. The summed E-state index contributed by atoms with van der Waals surface area (Å²) in [5, 5.41) is 0.401. The van der Waals surface area contributed by atoms with E-state index in [1.165, 1.54) is 12.1 Å². The van der Waals surface area contributed by atoms with E-state index in [-0.39, 0.29) is 4.90 Å². The fourth-order valence-corrected chi connectivity index (χ4v) is 1.87. The van der Waals surface area contributed by atoms with Gasteiger partial charge in [0.25, 0.3) is 0 Å². The number of benzene rings is 1. The minimum atomic E-state index is -3.17. The molecule has 0 saturated heterocycles. The second kappa shape index (κ2) is 3.52. The van der Waals surface area contributed by atoms with Crippen LogP contribution in [0.25, 0.3) is 6.08 Å². The molecular weight excluding hydrogens is 208 g/mol. The van der Waals surface area contributed by atoms with E-state index >= 15 is 0 Å². The monoisotopic (exact) mass is 216 g/mol. The predicted molar refractivity (Wildman–Crippen MR) is 54.7 cm³/mol. The van der Waals surface area contributed by atoms with Crippen LogP contribution >= 0.6 is 11.6 Å². The van der Waals surface area contributed by atoms with Gasteiger partial charge in [-0.3, -0.25) is 0 Å².